The van der Waals surface area contributed by atoms with E-state index >= 15 is 0 Å². The Bertz CT molecular complexity index is 672. The van der Waals surface area contributed by atoms with E-state index < -0.39 is 0 Å². The van der Waals surface area contributed by atoms with E-state index in [0.29, 0.717) is 19.5 Å². The summed E-state index contributed by atoms with van der Waals surface area (Å²) in [6.45, 7) is 2.95. The summed E-state index contributed by atoms with van der Waals surface area (Å²) in [7, 11) is 0. The first-order chi connectivity index (χ1) is 11.6. The lowest BCUT2D eigenvalue weighted by molar-refractivity contribution is 0.241. The van der Waals surface area contributed by atoms with Gasteiger partial charge in [0, 0.05) is 13.1 Å². The number of amides is 2. The number of nitrogens with one attached hydrogen (secondary N) is 2. The molecule has 0 aliphatic rings. The Hall–Kier alpha value is -2.69. The highest BCUT2D eigenvalue weighted by Gasteiger charge is 2.06. The Morgan fingerprint density at radius 3 is 2.38 bits per heavy atom. The van der Waals surface area contributed by atoms with Crippen molar-refractivity contribution in [3.05, 3.63) is 59.2 Å². The molecule has 0 heterocycles. The van der Waals surface area contributed by atoms with Gasteiger partial charge in [0.1, 0.15) is 0 Å². The van der Waals surface area contributed by atoms with Crippen LogP contribution in [0.2, 0.25) is 0 Å². The van der Waals surface area contributed by atoms with Gasteiger partial charge in [0.05, 0.1) is 0 Å². The van der Waals surface area contributed by atoms with Crippen LogP contribution in [-0.2, 0) is 12.8 Å². The van der Waals surface area contributed by atoms with Crippen molar-refractivity contribution in [3.8, 4) is 11.5 Å². The molecule has 0 aliphatic carbocycles. The molecule has 0 atom stereocenters. The van der Waals surface area contributed by atoms with Crippen molar-refractivity contribution in [2.75, 3.05) is 13.1 Å². The highest BCUT2D eigenvalue weighted by atomic mass is 16.3. The molecule has 5 nitrogen and oxygen atoms in total. The smallest absolute Gasteiger partial charge is 0.314 e. The molecule has 2 aromatic carbocycles. The van der Waals surface area contributed by atoms with E-state index in [-0.39, 0.29) is 17.5 Å². The first-order valence-electron chi connectivity index (χ1n) is 8.13. The number of benzene rings is 2. The first-order valence-corrected chi connectivity index (χ1v) is 8.13. The highest BCUT2D eigenvalue weighted by Crippen LogP contribution is 2.27. The van der Waals surface area contributed by atoms with Crippen LogP contribution in [0, 0.1) is 6.92 Å². The number of hydrogen-bond acceptors (Lipinski definition) is 3. The molecule has 0 saturated heterocycles. The molecule has 0 bridgehead atoms. The zero-order valence-electron chi connectivity index (χ0n) is 13.9. The van der Waals surface area contributed by atoms with E-state index in [1.807, 2.05) is 25.1 Å². The van der Waals surface area contributed by atoms with Gasteiger partial charge >= 0.3 is 6.03 Å². The fourth-order valence-electron chi connectivity index (χ4n) is 2.51. The summed E-state index contributed by atoms with van der Waals surface area (Å²) >= 11 is 0. The molecule has 0 saturated carbocycles. The van der Waals surface area contributed by atoms with E-state index in [1.165, 1.54) is 17.7 Å². The van der Waals surface area contributed by atoms with Crippen LogP contribution in [0.25, 0.3) is 0 Å². The topological polar surface area (TPSA) is 81.6 Å². The fourth-order valence-corrected chi connectivity index (χ4v) is 2.51. The molecular formula is C19H24N2O3. The Morgan fingerprint density at radius 2 is 1.62 bits per heavy atom. The molecule has 2 rings (SSSR count). The Balaban J connectivity index is 1.64. The number of hydrogen-bond donors (Lipinski definition) is 4. The number of aryl methyl sites for hydroxylation is 2. The van der Waals surface area contributed by atoms with Crippen LogP contribution in [-0.4, -0.2) is 29.3 Å². The van der Waals surface area contributed by atoms with Crippen LogP contribution >= 0.6 is 0 Å². The van der Waals surface area contributed by atoms with Gasteiger partial charge in [0.25, 0.3) is 0 Å². The molecule has 2 amide bonds. The van der Waals surface area contributed by atoms with Gasteiger partial charge in [-0.05, 0) is 55.0 Å². The predicted molar refractivity (Wildman–Crippen MR) is 94.4 cm³/mol. The number of carbonyl (C=O) groups excluding carboxylic acids is 1. The maximum absolute atomic E-state index is 11.7. The van der Waals surface area contributed by atoms with Gasteiger partial charge in [0.15, 0.2) is 11.5 Å². The second kappa shape index (κ2) is 8.82. The van der Waals surface area contributed by atoms with Crippen LogP contribution in [0.3, 0.4) is 0 Å². The number of rotatable bonds is 7. The van der Waals surface area contributed by atoms with Crippen LogP contribution in [0.1, 0.15) is 23.1 Å². The largest absolute Gasteiger partial charge is 0.504 e. The second-order valence-electron chi connectivity index (χ2n) is 5.79. The first kappa shape index (κ1) is 17.7. The van der Waals surface area contributed by atoms with Crippen LogP contribution in [0.15, 0.2) is 42.5 Å². The van der Waals surface area contributed by atoms with Crippen LogP contribution in [0.4, 0.5) is 4.79 Å². The maximum Gasteiger partial charge on any atom is 0.314 e. The lowest BCUT2D eigenvalue weighted by Gasteiger charge is -2.10. The van der Waals surface area contributed by atoms with Gasteiger partial charge in [-0.1, -0.05) is 30.3 Å². The lowest BCUT2D eigenvalue weighted by atomic mass is 10.0. The zero-order chi connectivity index (χ0) is 17.4. The lowest BCUT2D eigenvalue weighted by Crippen LogP contribution is -2.37. The minimum absolute atomic E-state index is 0.125. The van der Waals surface area contributed by atoms with Crippen molar-refractivity contribution in [1.29, 1.82) is 0 Å². The molecule has 0 unspecified atom stereocenters. The molecule has 0 aliphatic heterocycles. The summed E-state index contributed by atoms with van der Waals surface area (Å²) in [5, 5.41) is 24.6. The number of phenolic OH excluding ortho intramolecular Hbond substituents is 2. The minimum atomic E-state index is -0.191. The monoisotopic (exact) mass is 328 g/mol. The Kier molecular flexibility index (Phi) is 6.49. The Morgan fingerprint density at radius 1 is 0.958 bits per heavy atom. The molecule has 24 heavy (non-hydrogen) atoms. The normalized spacial score (nSPS) is 10.4. The standard InChI is InChI=1S/C19H24N2O3/c1-14-12-17(22)18(23)13-16(14)9-11-21-19(24)20-10-5-8-15-6-3-2-4-7-15/h2-4,6-7,12-13,22-23H,5,8-11H2,1H3,(H2,20,21,24). The zero-order valence-corrected chi connectivity index (χ0v) is 13.9. The van der Waals surface area contributed by atoms with Crippen molar-refractivity contribution in [2.24, 2.45) is 0 Å². The number of urea groups is 1. The molecule has 0 spiro atoms. The fraction of sp³-hybridized carbons (Fsp3) is 0.316. The molecule has 5 heteroatoms. The van der Waals surface area contributed by atoms with Crippen molar-refractivity contribution in [3.63, 3.8) is 0 Å². The second-order valence-corrected chi connectivity index (χ2v) is 5.79. The highest BCUT2D eigenvalue weighted by molar-refractivity contribution is 5.73. The van der Waals surface area contributed by atoms with Crippen molar-refractivity contribution in [2.45, 2.75) is 26.2 Å². The third kappa shape index (κ3) is 5.50. The summed E-state index contributed by atoms with van der Waals surface area (Å²) in [4.78, 5) is 11.7. The molecule has 0 fully saturated rings. The minimum Gasteiger partial charge on any atom is -0.504 e. The van der Waals surface area contributed by atoms with E-state index in [1.54, 1.807) is 0 Å². The van der Waals surface area contributed by atoms with Gasteiger partial charge in [0.2, 0.25) is 0 Å². The van der Waals surface area contributed by atoms with Crippen molar-refractivity contribution in [1.82, 2.24) is 10.6 Å². The average Bonchev–Trinajstić information content (AvgIpc) is 2.57. The van der Waals surface area contributed by atoms with E-state index in [9.17, 15) is 15.0 Å². The molecule has 4 N–H and O–H groups in total. The molecule has 128 valence electrons. The predicted octanol–water partition coefficient (Wildman–Crippen LogP) is 2.88. The quantitative estimate of drug-likeness (QED) is 0.466. The van der Waals surface area contributed by atoms with E-state index in [4.69, 9.17) is 0 Å². The van der Waals surface area contributed by atoms with Crippen LogP contribution < -0.4 is 10.6 Å². The average molecular weight is 328 g/mol. The van der Waals surface area contributed by atoms with Gasteiger partial charge in [-0.25, -0.2) is 4.79 Å². The van der Waals surface area contributed by atoms with Crippen molar-refractivity contribution >= 4 is 6.03 Å². The van der Waals surface area contributed by atoms with Gasteiger partial charge in [-0.15, -0.1) is 0 Å². The molecule has 2 aromatic rings. The summed E-state index contributed by atoms with van der Waals surface area (Å²) in [6, 6.07) is 13.0. The van der Waals surface area contributed by atoms with Gasteiger partial charge in [-0.3, -0.25) is 0 Å². The van der Waals surface area contributed by atoms with Gasteiger partial charge < -0.3 is 20.8 Å². The number of aromatic hydroxyl groups is 2. The molecule has 0 aromatic heterocycles. The van der Waals surface area contributed by atoms with E-state index in [0.717, 1.165) is 24.0 Å². The number of carbonyl (C=O) groups is 1. The van der Waals surface area contributed by atoms with Gasteiger partial charge in [-0.2, -0.15) is 0 Å². The number of phenols is 2. The molecule has 0 radical (unpaired) electrons. The summed E-state index contributed by atoms with van der Waals surface area (Å²) in [6.07, 6.45) is 2.42. The summed E-state index contributed by atoms with van der Waals surface area (Å²) in [5.74, 6) is -0.263. The Labute approximate surface area is 142 Å². The SMILES string of the molecule is Cc1cc(O)c(O)cc1CCNC(=O)NCCCc1ccccc1. The van der Waals surface area contributed by atoms with E-state index in [2.05, 4.69) is 22.8 Å². The maximum atomic E-state index is 11.7. The third-order valence-electron chi connectivity index (χ3n) is 3.88. The molecular weight excluding hydrogens is 304 g/mol. The van der Waals surface area contributed by atoms with Crippen LogP contribution in [0.5, 0.6) is 11.5 Å². The van der Waals surface area contributed by atoms with Crippen molar-refractivity contribution < 1.29 is 15.0 Å². The summed E-state index contributed by atoms with van der Waals surface area (Å²) in [5.41, 5.74) is 3.05. The summed E-state index contributed by atoms with van der Waals surface area (Å²) < 4.78 is 0. The third-order valence-corrected chi connectivity index (χ3v) is 3.88.